The molecule has 0 saturated carbocycles. The van der Waals surface area contributed by atoms with Crippen LogP contribution in [0.1, 0.15) is 13.8 Å². The predicted octanol–water partition coefficient (Wildman–Crippen LogP) is -0.335. The van der Waals surface area contributed by atoms with E-state index in [0.29, 0.717) is 13.2 Å². The molecule has 0 atom stereocenters. The third kappa shape index (κ3) is 5.54. The zero-order valence-corrected chi connectivity index (χ0v) is 9.75. The van der Waals surface area contributed by atoms with Gasteiger partial charge in [-0.15, -0.1) is 0 Å². The van der Waals surface area contributed by atoms with Gasteiger partial charge in [0, 0.05) is 13.6 Å². The van der Waals surface area contributed by atoms with Crippen molar-refractivity contribution in [3.63, 3.8) is 0 Å². The van der Waals surface area contributed by atoms with Crippen molar-refractivity contribution < 1.29 is 18.3 Å². The molecule has 0 amide bonds. The summed E-state index contributed by atoms with van der Waals surface area (Å²) in [5.41, 5.74) is 0. The van der Waals surface area contributed by atoms with Crippen LogP contribution in [0.5, 0.6) is 0 Å². The summed E-state index contributed by atoms with van der Waals surface area (Å²) in [6.45, 7) is 4.13. The molecular formula is C8H19NO4S. The lowest BCUT2D eigenvalue weighted by Crippen LogP contribution is -2.33. The highest BCUT2D eigenvalue weighted by atomic mass is 32.2. The number of aliphatic hydroxyl groups is 1. The van der Waals surface area contributed by atoms with E-state index >= 15 is 0 Å². The lowest BCUT2D eigenvalue weighted by molar-refractivity contribution is 0.0736. The van der Waals surface area contributed by atoms with E-state index in [4.69, 9.17) is 9.84 Å². The smallest absolute Gasteiger partial charge is 0.216 e. The van der Waals surface area contributed by atoms with E-state index in [2.05, 4.69) is 0 Å². The minimum Gasteiger partial charge on any atom is -0.395 e. The summed E-state index contributed by atoms with van der Waals surface area (Å²) < 4.78 is 29.1. The first-order valence-electron chi connectivity index (χ1n) is 4.56. The van der Waals surface area contributed by atoms with Gasteiger partial charge in [-0.05, 0) is 13.8 Å². The zero-order valence-electron chi connectivity index (χ0n) is 8.93. The predicted molar refractivity (Wildman–Crippen MR) is 54.6 cm³/mol. The largest absolute Gasteiger partial charge is 0.395 e. The maximum absolute atomic E-state index is 11.3. The number of nitrogens with zero attached hydrogens (tertiary/aromatic N) is 1. The Labute approximate surface area is 85.7 Å². The van der Waals surface area contributed by atoms with Crippen molar-refractivity contribution in [3.05, 3.63) is 0 Å². The maximum atomic E-state index is 11.3. The molecule has 1 N–H and O–H groups in total. The van der Waals surface area contributed by atoms with E-state index in [-0.39, 0.29) is 18.5 Å². The highest BCUT2D eigenvalue weighted by Gasteiger charge is 2.16. The molecule has 6 heteroatoms. The second kappa shape index (κ2) is 6.34. The van der Waals surface area contributed by atoms with Crippen LogP contribution in [0.4, 0.5) is 0 Å². The highest BCUT2D eigenvalue weighted by molar-refractivity contribution is 7.89. The highest BCUT2D eigenvalue weighted by Crippen LogP contribution is 1.98. The van der Waals surface area contributed by atoms with Crippen molar-refractivity contribution in [2.45, 2.75) is 20.0 Å². The van der Waals surface area contributed by atoms with Crippen molar-refractivity contribution in [1.29, 1.82) is 0 Å². The van der Waals surface area contributed by atoms with Gasteiger partial charge in [-0.1, -0.05) is 0 Å². The summed E-state index contributed by atoms with van der Waals surface area (Å²) in [6, 6.07) is 0. The van der Waals surface area contributed by atoms with Crippen LogP contribution in [0, 0.1) is 0 Å². The van der Waals surface area contributed by atoms with Crippen molar-refractivity contribution in [2.75, 3.05) is 32.6 Å². The van der Waals surface area contributed by atoms with Gasteiger partial charge < -0.3 is 9.84 Å². The minimum absolute atomic E-state index is 0.101. The molecule has 0 radical (unpaired) electrons. The normalized spacial score (nSPS) is 12.7. The van der Waals surface area contributed by atoms with Crippen LogP contribution in [-0.2, 0) is 14.8 Å². The van der Waals surface area contributed by atoms with Gasteiger partial charge in [-0.3, -0.25) is 0 Å². The zero-order chi connectivity index (χ0) is 11.2. The van der Waals surface area contributed by atoms with Crippen molar-refractivity contribution in [1.82, 2.24) is 4.31 Å². The SMILES string of the molecule is CC(C)OCCN(C)S(=O)(=O)CCO. The molecule has 0 aromatic rings. The molecule has 0 rings (SSSR count). The van der Waals surface area contributed by atoms with Crippen LogP contribution < -0.4 is 0 Å². The van der Waals surface area contributed by atoms with Crippen molar-refractivity contribution >= 4 is 10.0 Å². The van der Waals surface area contributed by atoms with Crippen molar-refractivity contribution in [2.24, 2.45) is 0 Å². The Balaban J connectivity index is 3.89. The molecule has 14 heavy (non-hydrogen) atoms. The summed E-state index contributed by atoms with van der Waals surface area (Å²) in [7, 11) is -1.82. The van der Waals surface area contributed by atoms with E-state index in [0.717, 1.165) is 0 Å². The van der Waals surface area contributed by atoms with Gasteiger partial charge in [0.05, 0.1) is 25.1 Å². The van der Waals surface area contributed by atoms with E-state index < -0.39 is 10.0 Å². The van der Waals surface area contributed by atoms with Crippen LogP contribution in [0.2, 0.25) is 0 Å². The summed E-state index contributed by atoms with van der Waals surface area (Å²) in [6.07, 6.45) is 0.101. The quantitative estimate of drug-likeness (QED) is 0.644. The Morgan fingerprint density at radius 3 is 2.43 bits per heavy atom. The summed E-state index contributed by atoms with van der Waals surface area (Å²) >= 11 is 0. The number of hydrogen-bond acceptors (Lipinski definition) is 4. The van der Waals surface area contributed by atoms with Gasteiger partial charge in [0.25, 0.3) is 0 Å². The molecule has 0 aliphatic heterocycles. The number of aliphatic hydroxyl groups excluding tert-OH is 1. The summed E-state index contributed by atoms with van der Waals surface area (Å²) in [4.78, 5) is 0. The molecule has 0 spiro atoms. The van der Waals surface area contributed by atoms with Gasteiger partial charge in [0.1, 0.15) is 0 Å². The maximum Gasteiger partial charge on any atom is 0.216 e. The summed E-state index contributed by atoms with van der Waals surface area (Å²) in [5, 5.41) is 8.53. The molecule has 0 aromatic heterocycles. The Bertz CT molecular complexity index is 238. The first-order chi connectivity index (χ1) is 6.40. The Kier molecular flexibility index (Phi) is 6.26. The fourth-order valence-electron chi connectivity index (χ4n) is 0.827. The third-order valence-corrected chi connectivity index (χ3v) is 3.51. The standard InChI is InChI=1S/C8H19NO4S/c1-8(2)13-6-4-9(3)14(11,12)7-5-10/h8,10H,4-7H2,1-3H3. The molecule has 0 unspecified atom stereocenters. The molecule has 0 saturated heterocycles. The van der Waals surface area contributed by atoms with Crippen LogP contribution in [0.25, 0.3) is 0 Å². The van der Waals surface area contributed by atoms with Gasteiger partial charge in [0.2, 0.25) is 10.0 Å². The third-order valence-electron chi connectivity index (χ3n) is 1.68. The number of sulfonamides is 1. The topological polar surface area (TPSA) is 66.8 Å². The van der Waals surface area contributed by atoms with Crippen molar-refractivity contribution in [3.8, 4) is 0 Å². The monoisotopic (exact) mass is 225 g/mol. The average Bonchev–Trinajstić information content (AvgIpc) is 2.03. The summed E-state index contributed by atoms with van der Waals surface area (Å²) in [5.74, 6) is -0.231. The van der Waals surface area contributed by atoms with Gasteiger partial charge in [0.15, 0.2) is 0 Å². The fraction of sp³-hybridized carbons (Fsp3) is 1.00. The average molecular weight is 225 g/mol. The lowest BCUT2D eigenvalue weighted by atomic mass is 10.5. The van der Waals surface area contributed by atoms with Crippen LogP contribution in [0.15, 0.2) is 0 Å². The molecule has 0 fully saturated rings. The van der Waals surface area contributed by atoms with E-state index in [9.17, 15) is 8.42 Å². The van der Waals surface area contributed by atoms with Crippen LogP contribution in [0.3, 0.4) is 0 Å². The Hall–Kier alpha value is -0.170. The minimum atomic E-state index is -3.30. The number of hydrogen-bond donors (Lipinski definition) is 1. The van der Waals surface area contributed by atoms with E-state index in [1.165, 1.54) is 11.4 Å². The first kappa shape index (κ1) is 13.8. The number of ether oxygens (including phenoxy) is 1. The van der Waals surface area contributed by atoms with Gasteiger partial charge in [-0.25, -0.2) is 12.7 Å². The molecule has 0 aromatic carbocycles. The second-order valence-corrected chi connectivity index (χ2v) is 5.48. The molecule has 0 aliphatic carbocycles. The van der Waals surface area contributed by atoms with E-state index in [1.54, 1.807) is 0 Å². The molecular weight excluding hydrogens is 206 g/mol. The van der Waals surface area contributed by atoms with Gasteiger partial charge >= 0.3 is 0 Å². The molecule has 0 aliphatic rings. The number of likely N-dealkylation sites (N-methyl/N-ethyl adjacent to an activating group) is 1. The van der Waals surface area contributed by atoms with E-state index in [1.807, 2.05) is 13.8 Å². The number of rotatable bonds is 7. The van der Waals surface area contributed by atoms with Crippen LogP contribution in [-0.4, -0.2) is 56.5 Å². The second-order valence-electron chi connectivity index (χ2n) is 3.28. The fourth-order valence-corrected chi connectivity index (χ4v) is 1.72. The van der Waals surface area contributed by atoms with Gasteiger partial charge in [-0.2, -0.15) is 0 Å². The van der Waals surface area contributed by atoms with Crippen LogP contribution >= 0.6 is 0 Å². The molecule has 0 bridgehead atoms. The molecule has 0 heterocycles. The lowest BCUT2D eigenvalue weighted by Gasteiger charge is -2.17. The molecule has 5 nitrogen and oxygen atoms in total. The Morgan fingerprint density at radius 1 is 1.43 bits per heavy atom. The molecule has 86 valence electrons. The Morgan fingerprint density at radius 2 is 2.00 bits per heavy atom. The first-order valence-corrected chi connectivity index (χ1v) is 6.17.